The van der Waals surface area contributed by atoms with Gasteiger partial charge in [-0.25, -0.2) is 4.79 Å². The standard InChI is InChI=1S/C12H18N2O2/c1-8(2)14-7-10(12(15)16)11(13-14)9-5-3-4-6-9/h7-9H,3-6H2,1-2H3,(H,15,16). The molecular formula is C12H18N2O2. The lowest BCUT2D eigenvalue weighted by atomic mass is 10.0. The van der Waals surface area contributed by atoms with Gasteiger partial charge >= 0.3 is 5.97 Å². The van der Waals surface area contributed by atoms with Crippen LogP contribution in [0.3, 0.4) is 0 Å². The molecule has 2 rings (SSSR count). The van der Waals surface area contributed by atoms with E-state index in [0.29, 0.717) is 11.5 Å². The van der Waals surface area contributed by atoms with Crippen molar-refractivity contribution in [2.45, 2.75) is 51.5 Å². The first-order valence-electron chi connectivity index (χ1n) is 5.92. The van der Waals surface area contributed by atoms with Crippen LogP contribution in [0.2, 0.25) is 0 Å². The fraction of sp³-hybridized carbons (Fsp3) is 0.667. The van der Waals surface area contributed by atoms with Gasteiger partial charge in [0, 0.05) is 18.2 Å². The number of aromatic nitrogens is 2. The number of nitrogens with zero attached hydrogens (tertiary/aromatic N) is 2. The van der Waals surface area contributed by atoms with Gasteiger partial charge in [0.15, 0.2) is 0 Å². The van der Waals surface area contributed by atoms with Crippen LogP contribution in [0, 0.1) is 0 Å². The molecule has 1 aromatic rings. The second-order valence-electron chi connectivity index (χ2n) is 4.79. The van der Waals surface area contributed by atoms with E-state index in [0.717, 1.165) is 18.5 Å². The topological polar surface area (TPSA) is 55.1 Å². The van der Waals surface area contributed by atoms with E-state index < -0.39 is 5.97 Å². The summed E-state index contributed by atoms with van der Waals surface area (Å²) in [6, 6.07) is 0.216. The van der Waals surface area contributed by atoms with E-state index in [4.69, 9.17) is 5.11 Å². The lowest BCUT2D eigenvalue weighted by molar-refractivity contribution is 0.0695. The highest BCUT2D eigenvalue weighted by Crippen LogP contribution is 2.35. The van der Waals surface area contributed by atoms with Crippen molar-refractivity contribution in [3.63, 3.8) is 0 Å². The number of carboxylic acids is 1. The maximum atomic E-state index is 11.2. The molecule has 0 aromatic carbocycles. The molecule has 0 radical (unpaired) electrons. The lowest BCUT2D eigenvalue weighted by Crippen LogP contribution is -2.04. The summed E-state index contributed by atoms with van der Waals surface area (Å²) in [4.78, 5) is 11.2. The van der Waals surface area contributed by atoms with Crippen LogP contribution in [0.4, 0.5) is 0 Å². The Bertz CT molecular complexity index is 390. The summed E-state index contributed by atoms with van der Waals surface area (Å²) in [6.45, 7) is 4.02. The van der Waals surface area contributed by atoms with Gasteiger partial charge in [-0.2, -0.15) is 5.10 Å². The van der Waals surface area contributed by atoms with E-state index in [2.05, 4.69) is 5.10 Å². The quantitative estimate of drug-likeness (QED) is 0.855. The van der Waals surface area contributed by atoms with Crippen LogP contribution in [-0.4, -0.2) is 20.9 Å². The summed E-state index contributed by atoms with van der Waals surface area (Å²) in [5.41, 5.74) is 1.18. The van der Waals surface area contributed by atoms with Crippen molar-refractivity contribution in [3.05, 3.63) is 17.5 Å². The molecule has 0 unspecified atom stereocenters. The highest BCUT2D eigenvalue weighted by molar-refractivity contribution is 5.88. The minimum Gasteiger partial charge on any atom is -0.478 e. The van der Waals surface area contributed by atoms with Gasteiger partial charge in [-0.3, -0.25) is 4.68 Å². The number of aromatic carboxylic acids is 1. The Labute approximate surface area is 95.3 Å². The third-order valence-corrected chi connectivity index (χ3v) is 3.26. The van der Waals surface area contributed by atoms with Gasteiger partial charge < -0.3 is 5.11 Å². The fourth-order valence-corrected chi connectivity index (χ4v) is 2.34. The maximum Gasteiger partial charge on any atom is 0.339 e. The molecule has 1 heterocycles. The summed E-state index contributed by atoms with van der Waals surface area (Å²) < 4.78 is 1.76. The molecule has 4 nitrogen and oxygen atoms in total. The van der Waals surface area contributed by atoms with Gasteiger partial charge in [-0.15, -0.1) is 0 Å². The molecule has 1 fully saturated rings. The Morgan fingerprint density at radius 1 is 1.50 bits per heavy atom. The van der Waals surface area contributed by atoms with Crippen LogP contribution in [0.5, 0.6) is 0 Å². The van der Waals surface area contributed by atoms with Crippen molar-refractivity contribution in [1.82, 2.24) is 9.78 Å². The highest BCUT2D eigenvalue weighted by atomic mass is 16.4. The number of hydrogen-bond donors (Lipinski definition) is 1. The molecule has 1 aliphatic carbocycles. The second kappa shape index (κ2) is 4.28. The first-order valence-corrected chi connectivity index (χ1v) is 5.92. The Kier molecular flexibility index (Phi) is 2.99. The number of rotatable bonds is 3. The van der Waals surface area contributed by atoms with Gasteiger partial charge in [0.2, 0.25) is 0 Å². The number of carbonyl (C=O) groups is 1. The first kappa shape index (κ1) is 11.2. The molecule has 16 heavy (non-hydrogen) atoms. The molecule has 0 bridgehead atoms. The van der Waals surface area contributed by atoms with Crippen LogP contribution in [0.15, 0.2) is 6.20 Å². The van der Waals surface area contributed by atoms with Crippen LogP contribution >= 0.6 is 0 Å². The Morgan fingerprint density at radius 2 is 2.12 bits per heavy atom. The summed E-state index contributed by atoms with van der Waals surface area (Å²) in [5.74, 6) is -0.500. The molecule has 0 aliphatic heterocycles. The van der Waals surface area contributed by atoms with Crippen molar-refractivity contribution >= 4 is 5.97 Å². The van der Waals surface area contributed by atoms with Crippen LogP contribution < -0.4 is 0 Å². The zero-order chi connectivity index (χ0) is 11.7. The maximum absolute atomic E-state index is 11.2. The van der Waals surface area contributed by atoms with Gasteiger partial charge in [0.25, 0.3) is 0 Å². The van der Waals surface area contributed by atoms with Crippen molar-refractivity contribution in [2.75, 3.05) is 0 Å². The van der Waals surface area contributed by atoms with Gasteiger partial charge in [0.1, 0.15) is 5.56 Å². The minimum absolute atomic E-state index is 0.216. The Balaban J connectivity index is 2.37. The summed E-state index contributed by atoms with van der Waals surface area (Å²) in [5, 5.41) is 13.6. The molecule has 0 spiro atoms. The van der Waals surface area contributed by atoms with Crippen LogP contribution in [0.1, 0.15) is 67.5 Å². The molecule has 88 valence electrons. The van der Waals surface area contributed by atoms with Crippen molar-refractivity contribution in [2.24, 2.45) is 0 Å². The van der Waals surface area contributed by atoms with E-state index in [9.17, 15) is 4.79 Å². The van der Waals surface area contributed by atoms with E-state index in [-0.39, 0.29) is 6.04 Å². The largest absolute Gasteiger partial charge is 0.478 e. The molecule has 1 aliphatic rings. The Morgan fingerprint density at radius 3 is 2.62 bits per heavy atom. The number of carboxylic acid groups (broad SMARTS) is 1. The zero-order valence-corrected chi connectivity index (χ0v) is 9.81. The SMILES string of the molecule is CC(C)n1cc(C(=O)O)c(C2CCCC2)n1. The smallest absolute Gasteiger partial charge is 0.339 e. The fourth-order valence-electron chi connectivity index (χ4n) is 2.34. The van der Waals surface area contributed by atoms with Crippen LogP contribution in [-0.2, 0) is 0 Å². The number of hydrogen-bond acceptors (Lipinski definition) is 2. The Hall–Kier alpha value is -1.32. The van der Waals surface area contributed by atoms with Crippen molar-refractivity contribution in [3.8, 4) is 0 Å². The van der Waals surface area contributed by atoms with E-state index in [1.165, 1.54) is 12.8 Å². The molecule has 0 saturated heterocycles. The van der Waals surface area contributed by atoms with Gasteiger partial charge in [-0.05, 0) is 26.7 Å². The van der Waals surface area contributed by atoms with Crippen molar-refractivity contribution < 1.29 is 9.90 Å². The molecule has 1 aromatic heterocycles. The molecule has 1 saturated carbocycles. The van der Waals surface area contributed by atoms with E-state index in [1.807, 2.05) is 13.8 Å². The molecule has 4 heteroatoms. The summed E-state index contributed by atoms with van der Waals surface area (Å²) in [6.07, 6.45) is 6.21. The summed E-state index contributed by atoms with van der Waals surface area (Å²) in [7, 11) is 0. The van der Waals surface area contributed by atoms with E-state index >= 15 is 0 Å². The third-order valence-electron chi connectivity index (χ3n) is 3.26. The molecule has 0 atom stereocenters. The summed E-state index contributed by atoms with van der Waals surface area (Å²) >= 11 is 0. The lowest BCUT2D eigenvalue weighted by Gasteiger charge is -2.07. The predicted octanol–water partition coefficient (Wildman–Crippen LogP) is 2.82. The molecular weight excluding hydrogens is 204 g/mol. The highest BCUT2D eigenvalue weighted by Gasteiger charge is 2.26. The van der Waals surface area contributed by atoms with Crippen LogP contribution in [0.25, 0.3) is 0 Å². The predicted molar refractivity (Wildman–Crippen MR) is 60.8 cm³/mol. The second-order valence-corrected chi connectivity index (χ2v) is 4.79. The third kappa shape index (κ3) is 1.96. The average molecular weight is 222 g/mol. The van der Waals surface area contributed by atoms with Crippen molar-refractivity contribution in [1.29, 1.82) is 0 Å². The molecule has 1 N–H and O–H groups in total. The monoisotopic (exact) mass is 222 g/mol. The average Bonchev–Trinajstić information content (AvgIpc) is 2.86. The minimum atomic E-state index is -0.853. The van der Waals surface area contributed by atoms with Gasteiger partial charge in [-0.1, -0.05) is 12.8 Å². The van der Waals surface area contributed by atoms with E-state index in [1.54, 1.807) is 10.9 Å². The first-order chi connectivity index (χ1) is 7.59. The van der Waals surface area contributed by atoms with Gasteiger partial charge in [0.05, 0.1) is 5.69 Å². The zero-order valence-electron chi connectivity index (χ0n) is 9.81. The normalized spacial score (nSPS) is 17.2. The molecule has 0 amide bonds.